The molecule has 38 heavy (non-hydrogen) atoms. The van der Waals surface area contributed by atoms with E-state index in [0.29, 0.717) is 18.6 Å². The number of furan rings is 1. The molecule has 2 aromatic carbocycles. The second-order valence-electron chi connectivity index (χ2n) is 9.88. The number of hydrogen-bond donors (Lipinski definition) is 3. The predicted octanol–water partition coefficient (Wildman–Crippen LogP) is 4.07. The summed E-state index contributed by atoms with van der Waals surface area (Å²) in [6, 6.07) is 16.0. The summed E-state index contributed by atoms with van der Waals surface area (Å²) < 4.78 is 12.5. The van der Waals surface area contributed by atoms with Crippen molar-refractivity contribution in [3.8, 4) is 5.75 Å². The zero-order valence-corrected chi connectivity index (χ0v) is 22.1. The molecule has 0 aliphatic carbocycles. The Labute approximate surface area is 224 Å². The molecule has 0 radical (unpaired) electrons. The number of carbonyl (C=O) groups is 1. The van der Waals surface area contributed by atoms with Crippen LogP contribution in [0.5, 0.6) is 5.75 Å². The highest BCUT2D eigenvalue weighted by Gasteiger charge is 2.17. The number of rotatable bonds is 8. The van der Waals surface area contributed by atoms with Crippen molar-refractivity contribution in [1.82, 2.24) is 25.8 Å². The van der Waals surface area contributed by atoms with Crippen molar-refractivity contribution in [3.05, 3.63) is 48.5 Å². The van der Waals surface area contributed by atoms with E-state index in [1.807, 2.05) is 53.4 Å². The average molecular weight is 518 g/mol. The van der Waals surface area contributed by atoms with Crippen LogP contribution in [0.3, 0.4) is 0 Å². The quantitative estimate of drug-likeness (QED) is 0.304. The maximum absolute atomic E-state index is 12.8. The summed E-state index contributed by atoms with van der Waals surface area (Å²) >= 11 is 0. The number of nitrogens with one attached hydrogen (secondary N) is 3. The molecule has 202 valence electrons. The van der Waals surface area contributed by atoms with E-state index >= 15 is 0 Å². The second kappa shape index (κ2) is 13.6. The second-order valence-corrected chi connectivity index (χ2v) is 9.88. The Morgan fingerprint density at radius 3 is 2.26 bits per heavy atom. The van der Waals surface area contributed by atoms with Crippen LogP contribution in [0, 0.1) is 0 Å². The molecule has 0 unspecified atom stereocenters. The molecule has 1 aliphatic heterocycles. The van der Waals surface area contributed by atoms with Gasteiger partial charge in [0.1, 0.15) is 11.1 Å². The first-order valence-corrected chi connectivity index (χ1v) is 14.0. The zero-order chi connectivity index (χ0) is 26.0. The first kappa shape index (κ1) is 26.4. The molecule has 0 bridgehead atoms. The lowest BCUT2D eigenvalue weighted by atomic mass is 10.1. The molecule has 2 aromatic heterocycles. The molecule has 1 amide bonds. The monoisotopic (exact) mass is 517 g/mol. The number of hydrogen-bond acceptors (Lipinski definition) is 7. The summed E-state index contributed by atoms with van der Waals surface area (Å²) in [7, 11) is 0. The Balaban J connectivity index is 1.10. The molecule has 3 heterocycles. The lowest BCUT2D eigenvalue weighted by Gasteiger charge is -2.24. The summed E-state index contributed by atoms with van der Waals surface area (Å²) in [5.41, 5.74) is 3.28. The van der Waals surface area contributed by atoms with Gasteiger partial charge < -0.3 is 30.0 Å². The van der Waals surface area contributed by atoms with Crippen LogP contribution in [0.15, 0.2) is 52.9 Å². The van der Waals surface area contributed by atoms with Gasteiger partial charge in [-0.05, 0) is 37.1 Å². The third kappa shape index (κ3) is 6.62. The van der Waals surface area contributed by atoms with Gasteiger partial charge in [-0.3, -0.25) is 4.79 Å². The van der Waals surface area contributed by atoms with Crippen LogP contribution >= 0.6 is 0 Å². The third-order valence-corrected chi connectivity index (χ3v) is 7.11. The highest BCUT2D eigenvalue weighted by Crippen LogP contribution is 2.38. The lowest BCUT2D eigenvalue weighted by molar-refractivity contribution is -0.131. The zero-order valence-electron chi connectivity index (χ0n) is 22.1. The fourth-order valence-corrected chi connectivity index (χ4v) is 5.03. The number of pyridine rings is 1. The molecule has 0 saturated carbocycles. The first-order chi connectivity index (χ1) is 18.8. The Bertz CT molecular complexity index is 1330. The van der Waals surface area contributed by atoms with E-state index < -0.39 is 0 Å². The summed E-state index contributed by atoms with van der Waals surface area (Å²) in [4.78, 5) is 19.7. The van der Waals surface area contributed by atoms with Crippen molar-refractivity contribution in [3.63, 3.8) is 0 Å². The van der Waals surface area contributed by atoms with E-state index in [4.69, 9.17) is 14.1 Å². The Hall–Kier alpha value is -3.20. The van der Waals surface area contributed by atoms with Gasteiger partial charge in [-0.15, -0.1) is 0 Å². The van der Waals surface area contributed by atoms with Crippen molar-refractivity contribution in [1.29, 1.82) is 0 Å². The maximum Gasteiger partial charge on any atom is 0.222 e. The van der Waals surface area contributed by atoms with Gasteiger partial charge in [0.15, 0.2) is 11.3 Å². The van der Waals surface area contributed by atoms with Crippen LogP contribution in [0.25, 0.3) is 33.0 Å². The molecule has 5 rings (SSSR count). The van der Waals surface area contributed by atoms with Crippen molar-refractivity contribution < 1.29 is 13.9 Å². The van der Waals surface area contributed by atoms with Gasteiger partial charge >= 0.3 is 0 Å². The summed E-state index contributed by atoms with van der Waals surface area (Å²) in [5.74, 6) is 1.03. The van der Waals surface area contributed by atoms with Crippen molar-refractivity contribution >= 4 is 38.9 Å². The Kier molecular flexibility index (Phi) is 9.42. The fraction of sp³-hybridized carbons (Fsp3) is 0.467. The largest absolute Gasteiger partial charge is 0.489 e. The highest BCUT2D eigenvalue weighted by atomic mass is 16.5. The molecule has 8 nitrogen and oxygen atoms in total. The van der Waals surface area contributed by atoms with E-state index in [2.05, 4.69) is 16.0 Å². The highest BCUT2D eigenvalue weighted by molar-refractivity contribution is 6.09. The SMILES string of the molecule is O=C(CCCCCCOc1c2ccccc2nc2c1oc1ccccc12)N1CCNCCNCCNCC1. The number of unbranched alkanes of at least 4 members (excludes halogenated alkanes) is 3. The number of benzene rings is 2. The van der Waals surface area contributed by atoms with Crippen LogP contribution in [0.1, 0.15) is 32.1 Å². The minimum atomic E-state index is 0.260. The van der Waals surface area contributed by atoms with Gasteiger partial charge in [-0.1, -0.05) is 37.1 Å². The molecule has 4 aromatic rings. The number of nitrogens with zero attached hydrogens (tertiary/aromatic N) is 2. The minimum absolute atomic E-state index is 0.260. The molecular formula is C30H39N5O3. The Morgan fingerprint density at radius 2 is 1.47 bits per heavy atom. The molecule has 1 aliphatic rings. The van der Waals surface area contributed by atoms with Gasteiger partial charge in [0.05, 0.1) is 12.1 Å². The first-order valence-electron chi connectivity index (χ1n) is 14.0. The molecule has 1 fully saturated rings. The average Bonchev–Trinajstić information content (AvgIpc) is 3.30. The smallest absolute Gasteiger partial charge is 0.222 e. The van der Waals surface area contributed by atoms with Crippen LogP contribution in [0.4, 0.5) is 0 Å². The molecular weight excluding hydrogens is 478 g/mol. The third-order valence-electron chi connectivity index (χ3n) is 7.11. The number of carbonyl (C=O) groups excluding carboxylic acids is 1. The van der Waals surface area contributed by atoms with E-state index in [1.54, 1.807) is 0 Å². The standard InChI is InChI=1S/C30H39N5O3/c36-27(35-20-18-32-16-14-31-15-17-33-19-21-35)13-3-1-2-8-22-37-29-23-9-4-6-11-25(23)34-28-24-10-5-7-12-26(24)38-30(28)29/h4-7,9-12,31-33H,1-3,8,13-22H2. The Morgan fingerprint density at radius 1 is 0.816 bits per heavy atom. The molecule has 0 atom stereocenters. The van der Waals surface area contributed by atoms with E-state index in [0.717, 1.165) is 111 Å². The normalized spacial score (nSPS) is 15.9. The van der Waals surface area contributed by atoms with E-state index in [9.17, 15) is 4.79 Å². The van der Waals surface area contributed by atoms with E-state index in [-0.39, 0.29) is 5.91 Å². The summed E-state index contributed by atoms with van der Waals surface area (Å²) in [5, 5.41) is 12.2. The van der Waals surface area contributed by atoms with Gasteiger partial charge in [-0.2, -0.15) is 0 Å². The van der Waals surface area contributed by atoms with E-state index in [1.165, 1.54) is 0 Å². The minimum Gasteiger partial charge on any atom is -0.489 e. The number of amides is 1. The molecule has 3 N–H and O–H groups in total. The van der Waals surface area contributed by atoms with Crippen LogP contribution in [-0.4, -0.2) is 74.8 Å². The topological polar surface area (TPSA) is 91.7 Å². The lowest BCUT2D eigenvalue weighted by Crippen LogP contribution is -2.44. The maximum atomic E-state index is 12.8. The van der Waals surface area contributed by atoms with Gasteiger partial charge in [0.2, 0.25) is 5.91 Å². The summed E-state index contributed by atoms with van der Waals surface area (Å²) in [6.07, 6.45) is 4.49. The molecule has 0 spiro atoms. The van der Waals surface area contributed by atoms with Crippen LogP contribution < -0.4 is 20.7 Å². The summed E-state index contributed by atoms with van der Waals surface area (Å²) in [6.45, 7) is 7.60. The van der Waals surface area contributed by atoms with Crippen LogP contribution in [-0.2, 0) is 4.79 Å². The number of aromatic nitrogens is 1. The fourth-order valence-electron chi connectivity index (χ4n) is 5.03. The van der Waals surface area contributed by atoms with Crippen molar-refractivity contribution in [2.75, 3.05) is 59.0 Å². The van der Waals surface area contributed by atoms with Gasteiger partial charge in [0.25, 0.3) is 0 Å². The van der Waals surface area contributed by atoms with Crippen molar-refractivity contribution in [2.24, 2.45) is 0 Å². The number of para-hydroxylation sites is 2. The molecule has 1 saturated heterocycles. The molecule has 8 heteroatoms. The van der Waals surface area contributed by atoms with Gasteiger partial charge in [0, 0.05) is 69.6 Å². The van der Waals surface area contributed by atoms with Crippen LogP contribution in [0.2, 0.25) is 0 Å². The van der Waals surface area contributed by atoms with Gasteiger partial charge in [-0.25, -0.2) is 4.98 Å². The predicted molar refractivity (Wildman–Crippen MR) is 153 cm³/mol. The number of fused-ring (bicyclic) bond motifs is 4. The van der Waals surface area contributed by atoms with Crippen molar-refractivity contribution in [2.45, 2.75) is 32.1 Å². The number of ether oxygens (including phenoxy) is 1.